The quantitative estimate of drug-likeness (QED) is 0.233. The third-order valence-electron chi connectivity index (χ3n) is 5.84. The normalized spacial score (nSPS) is 11.9. The second kappa shape index (κ2) is 10.4. The summed E-state index contributed by atoms with van der Waals surface area (Å²) in [7, 11) is 0. The second-order valence-corrected chi connectivity index (χ2v) is 8.45. The van der Waals surface area contributed by atoms with Gasteiger partial charge in [-0.2, -0.15) is 13.2 Å². The Hall–Kier alpha value is -3.80. The summed E-state index contributed by atoms with van der Waals surface area (Å²) in [6.07, 6.45) is -2.54. The van der Waals surface area contributed by atoms with Crippen LogP contribution in [0.5, 0.6) is 0 Å². The van der Waals surface area contributed by atoms with Crippen molar-refractivity contribution < 1.29 is 26.3 Å². The van der Waals surface area contributed by atoms with E-state index in [0.29, 0.717) is 11.6 Å². The van der Waals surface area contributed by atoms with Crippen LogP contribution in [0.15, 0.2) is 84.9 Å². The van der Waals surface area contributed by atoms with Crippen LogP contribution in [0, 0.1) is 17.5 Å². The summed E-state index contributed by atoms with van der Waals surface area (Å²) in [5, 5.41) is 0. The van der Waals surface area contributed by atoms with Crippen molar-refractivity contribution in [2.24, 2.45) is 0 Å². The molecular formula is C30H22F6. The molecule has 36 heavy (non-hydrogen) atoms. The van der Waals surface area contributed by atoms with Gasteiger partial charge in [0, 0.05) is 17.2 Å². The van der Waals surface area contributed by atoms with Gasteiger partial charge in [-0.25, -0.2) is 13.2 Å². The number of benzene rings is 4. The fraction of sp³-hybridized carbons (Fsp3) is 0.133. The van der Waals surface area contributed by atoms with E-state index < -0.39 is 29.2 Å². The lowest BCUT2D eigenvalue weighted by Crippen LogP contribution is -2.01. The third-order valence-corrected chi connectivity index (χ3v) is 5.84. The summed E-state index contributed by atoms with van der Waals surface area (Å²) in [5.74, 6) is -3.14. The Morgan fingerprint density at radius 1 is 0.611 bits per heavy atom. The van der Waals surface area contributed by atoms with Gasteiger partial charge in [0.15, 0.2) is 0 Å². The molecule has 0 fully saturated rings. The highest BCUT2D eigenvalue weighted by molar-refractivity contribution is 5.74. The van der Waals surface area contributed by atoms with Crippen LogP contribution >= 0.6 is 0 Å². The van der Waals surface area contributed by atoms with Gasteiger partial charge < -0.3 is 0 Å². The molecule has 0 saturated carbocycles. The first-order valence-electron chi connectivity index (χ1n) is 11.4. The van der Waals surface area contributed by atoms with E-state index in [0.717, 1.165) is 41.7 Å². The van der Waals surface area contributed by atoms with Gasteiger partial charge in [-0.15, -0.1) is 0 Å². The molecular weight excluding hydrogens is 474 g/mol. The first-order chi connectivity index (χ1) is 17.1. The van der Waals surface area contributed by atoms with Crippen LogP contribution < -0.4 is 0 Å². The molecule has 0 radical (unpaired) electrons. The SMILES string of the molecule is CCCc1ccc(-c2ccc(-c3ccc(-c4cc(F)c(C=CC(F)(F)F)c(F)c4)c(F)c3)cc2)cc1. The lowest BCUT2D eigenvalue weighted by molar-refractivity contribution is -0.0790. The lowest BCUT2D eigenvalue weighted by atomic mass is 9.96. The van der Waals surface area contributed by atoms with Crippen molar-refractivity contribution in [3.63, 3.8) is 0 Å². The Labute approximate surface area is 205 Å². The molecule has 0 bridgehead atoms. The van der Waals surface area contributed by atoms with Gasteiger partial charge in [-0.1, -0.05) is 74.0 Å². The largest absolute Gasteiger partial charge is 0.409 e. The number of allylic oxidation sites excluding steroid dienone is 1. The number of aryl methyl sites for hydroxylation is 1. The zero-order chi connectivity index (χ0) is 25.9. The van der Waals surface area contributed by atoms with Crippen LogP contribution in [0.2, 0.25) is 0 Å². The highest BCUT2D eigenvalue weighted by Crippen LogP contribution is 2.32. The number of alkyl halides is 3. The van der Waals surface area contributed by atoms with Crippen molar-refractivity contribution in [1.82, 2.24) is 0 Å². The molecule has 0 spiro atoms. The van der Waals surface area contributed by atoms with E-state index in [1.54, 1.807) is 6.07 Å². The predicted molar refractivity (Wildman–Crippen MR) is 132 cm³/mol. The highest BCUT2D eigenvalue weighted by Gasteiger charge is 2.23. The maximum Gasteiger partial charge on any atom is 0.409 e. The van der Waals surface area contributed by atoms with E-state index in [4.69, 9.17) is 0 Å². The van der Waals surface area contributed by atoms with Crippen molar-refractivity contribution >= 4 is 6.08 Å². The van der Waals surface area contributed by atoms with Gasteiger partial charge in [0.05, 0.1) is 0 Å². The van der Waals surface area contributed by atoms with E-state index >= 15 is 0 Å². The Balaban J connectivity index is 1.57. The number of halogens is 6. The number of hydrogen-bond donors (Lipinski definition) is 0. The van der Waals surface area contributed by atoms with Gasteiger partial charge in [0.1, 0.15) is 17.5 Å². The van der Waals surface area contributed by atoms with Crippen LogP contribution in [-0.4, -0.2) is 6.18 Å². The van der Waals surface area contributed by atoms with Crippen molar-refractivity contribution in [1.29, 1.82) is 0 Å². The standard InChI is InChI=1S/C30H22F6/c1-2-3-19-4-6-20(7-5-19)21-8-10-22(11-9-21)23-12-13-25(27(31)16-23)24-17-28(32)26(29(33)18-24)14-15-30(34,35)36/h4-18H,2-3H2,1H3. The molecule has 0 aromatic heterocycles. The second-order valence-electron chi connectivity index (χ2n) is 8.45. The monoisotopic (exact) mass is 496 g/mol. The molecule has 4 aromatic carbocycles. The van der Waals surface area contributed by atoms with Crippen LogP contribution in [0.25, 0.3) is 39.5 Å². The summed E-state index contributed by atoms with van der Waals surface area (Å²) in [6.45, 7) is 2.13. The Morgan fingerprint density at radius 2 is 1.08 bits per heavy atom. The van der Waals surface area contributed by atoms with E-state index in [-0.39, 0.29) is 17.2 Å². The van der Waals surface area contributed by atoms with Crippen molar-refractivity contribution in [2.75, 3.05) is 0 Å². The Morgan fingerprint density at radius 3 is 1.58 bits per heavy atom. The van der Waals surface area contributed by atoms with Crippen molar-refractivity contribution in [3.05, 3.63) is 114 Å². The van der Waals surface area contributed by atoms with Crippen LogP contribution in [0.4, 0.5) is 26.3 Å². The van der Waals surface area contributed by atoms with Crippen LogP contribution in [0.3, 0.4) is 0 Å². The average molecular weight is 496 g/mol. The summed E-state index contributed by atoms with van der Waals surface area (Å²) >= 11 is 0. The first-order valence-corrected chi connectivity index (χ1v) is 11.4. The summed E-state index contributed by atoms with van der Waals surface area (Å²) in [6, 6.07) is 21.9. The fourth-order valence-corrected chi connectivity index (χ4v) is 4.01. The zero-order valence-electron chi connectivity index (χ0n) is 19.3. The first kappa shape index (κ1) is 25.3. The molecule has 184 valence electrons. The molecule has 4 aromatic rings. The average Bonchev–Trinajstić information content (AvgIpc) is 2.83. The van der Waals surface area contributed by atoms with Gasteiger partial charge in [0.25, 0.3) is 0 Å². The predicted octanol–water partition coefficient (Wildman–Crippen LogP) is 9.63. The van der Waals surface area contributed by atoms with Gasteiger partial charge >= 0.3 is 6.18 Å². The van der Waals surface area contributed by atoms with Crippen molar-refractivity contribution in [3.8, 4) is 33.4 Å². The lowest BCUT2D eigenvalue weighted by Gasteiger charge is -2.10. The molecule has 0 saturated heterocycles. The van der Waals surface area contributed by atoms with E-state index in [2.05, 4.69) is 31.2 Å². The van der Waals surface area contributed by atoms with Crippen molar-refractivity contribution in [2.45, 2.75) is 25.9 Å². The molecule has 0 aliphatic rings. The van der Waals surface area contributed by atoms with Gasteiger partial charge in [-0.05, 0) is 64.1 Å². The summed E-state index contributed by atoms with van der Waals surface area (Å²) in [5.41, 5.74) is 3.69. The molecule has 0 unspecified atom stereocenters. The Bertz CT molecular complexity index is 1360. The Kier molecular flexibility index (Phi) is 7.34. The number of hydrogen-bond acceptors (Lipinski definition) is 0. The minimum atomic E-state index is -4.71. The van der Waals surface area contributed by atoms with E-state index in [1.807, 2.05) is 24.3 Å². The maximum absolute atomic E-state index is 14.9. The third kappa shape index (κ3) is 5.88. The van der Waals surface area contributed by atoms with Gasteiger partial charge in [0.2, 0.25) is 0 Å². The summed E-state index contributed by atoms with van der Waals surface area (Å²) in [4.78, 5) is 0. The minimum absolute atomic E-state index is 0.0632. The van der Waals surface area contributed by atoms with Gasteiger partial charge in [-0.3, -0.25) is 0 Å². The maximum atomic E-state index is 14.9. The van der Waals surface area contributed by atoms with E-state index in [9.17, 15) is 26.3 Å². The molecule has 0 nitrogen and oxygen atoms in total. The molecule has 0 aliphatic heterocycles. The number of rotatable bonds is 6. The van der Waals surface area contributed by atoms with Crippen LogP contribution in [-0.2, 0) is 6.42 Å². The summed E-state index contributed by atoms with van der Waals surface area (Å²) < 4.78 is 80.6. The zero-order valence-corrected chi connectivity index (χ0v) is 19.3. The smallest absolute Gasteiger partial charge is 0.206 e. The van der Waals surface area contributed by atoms with E-state index in [1.165, 1.54) is 17.7 Å². The minimum Gasteiger partial charge on any atom is -0.206 e. The fourth-order valence-electron chi connectivity index (χ4n) is 4.01. The molecule has 6 heteroatoms. The highest BCUT2D eigenvalue weighted by atomic mass is 19.4. The molecule has 0 amide bonds. The molecule has 0 heterocycles. The van der Waals surface area contributed by atoms with Crippen LogP contribution in [0.1, 0.15) is 24.5 Å². The molecule has 0 atom stereocenters. The topological polar surface area (TPSA) is 0 Å². The molecule has 0 N–H and O–H groups in total. The molecule has 0 aliphatic carbocycles. The molecule has 4 rings (SSSR count).